The fraction of sp³-hybridized carbons (Fsp3) is 0.444. The van der Waals surface area contributed by atoms with Gasteiger partial charge in [0.25, 0.3) is 11.8 Å². The molecule has 0 unspecified atom stereocenters. The zero-order valence-corrected chi connectivity index (χ0v) is 14.9. The topological polar surface area (TPSA) is 119 Å². The minimum atomic E-state index is -1.63. The van der Waals surface area contributed by atoms with Crippen molar-refractivity contribution in [1.29, 1.82) is 0 Å². The summed E-state index contributed by atoms with van der Waals surface area (Å²) in [6.45, 7) is 3.82. The second-order valence-corrected chi connectivity index (χ2v) is 6.40. The molecule has 1 aromatic carbocycles. The number of carbonyl (C=O) groups is 4. The maximum Gasteiger partial charge on any atom is 0.303 e. The number of aliphatic hydroxyl groups is 1. The lowest BCUT2D eigenvalue weighted by atomic mass is 9.95. The molecule has 1 fully saturated rings. The Morgan fingerprint density at radius 1 is 1.00 bits per heavy atom. The first-order valence-corrected chi connectivity index (χ1v) is 8.37. The number of benzene rings is 1. The first-order chi connectivity index (χ1) is 12.7. The number of carbonyl (C=O) groups excluding carboxylic acids is 4. The van der Waals surface area contributed by atoms with Crippen molar-refractivity contribution in [1.82, 2.24) is 4.90 Å². The molecule has 3 rings (SSSR count). The molecular weight excluding hydrogens is 358 g/mol. The number of nitrogens with zero attached hydrogens (tertiary/aromatic N) is 1. The predicted octanol–water partition coefficient (Wildman–Crippen LogP) is 0.252. The first-order valence-electron chi connectivity index (χ1n) is 8.37. The average molecular weight is 377 g/mol. The highest BCUT2D eigenvalue weighted by Crippen LogP contribution is 2.33. The molecule has 0 saturated carbocycles. The Balaban J connectivity index is 2.03. The summed E-state index contributed by atoms with van der Waals surface area (Å²) >= 11 is 0. The van der Waals surface area contributed by atoms with Crippen molar-refractivity contribution in [3.8, 4) is 0 Å². The van der Waals surface area contributed by atoms with Crippen LogP contribution in [0.5, 0.6) is 0 Å². The maximum atomic E-state index is 12.8. The quantitative estimate of drug-likeness (QED) is 0.588. The first kappa shape index (κ1) is 19.0. The van der Waals surface area contributed by atoms with Crippen LogP contribution in [-0.2, 0) is 23.8 Å². The van der Waals surface area contributed by atoms with Gasteiger partial charge in [0.15, 0.2) is 18.5 Å². The number of amides is 2. The monoisotopic (exact) mass is 377 g/mol. The van der Waals surface area contributed by atoms with E-state index in [1.807, 2.05) is 0 Å². The SMILES string of the molecule is CC(=O)O[C@@H]1[C@H](OC(C)=O)[C@@H](N2C(=O)c3ccccc3C2=O)[C@H](O)O[C@@H]1C. The van der Waals surface area contributed by atoms with Crippen LogP contribution in [0.15, 0.2) is 24.3 Å². The molecule has 9 nitrogen and oxygen atoms in total. The summed E-state index contributed by atoms with van der Waals surface area (Å²) < 4.78 is 15.8. The van der Waals surface area contributed by atoms with Gasteiger partial charge in [0.05, 0.1) is 17.2 Å². The normalized spacial score (nSPS) is 30.1. The van der Waals surface area contributed by atoms with Crippen molar-refractivity contribution in [3.63, 3.8) is 0 Å². The number of aliphatic hydroxyl groups excluding tert-OH is 1. The van der Waals surface area contributed by atoms with Gasteiger partial charge in [-0.15, -0.1) is 0 Å². The van der Waals surface area contributed by atoms with Gasteiger partial charge in [0, 0.05) is 13.8 Å². The molecule has 0 aliphatic carbocycles. The van der Waals surface area contributed by atoms with Crippen molar-refractivity contribution in [3.05, 3.63) is 35.4 Å². The van der Waals surface area contributed by atoms with Gasteiger partial charge < -0.3 is 19.3 Å². The summed E-state index contributed by atoms with van der Waals surface area (Å²) in [5.74, 6) is -2.70. The molecule has 9 heteroatoms. The Kier molecular flexibility index (Phi) is 4.99. The van der Waals surface area contributed by atoms with E-state index < -0.39 is 54.4 Å². The minimum absolute atomic E-state index is 0.166. The van der Waals surface area contributed by atoms with E-state index in [0.29, 0.717) is 0 Å². The number of esters is 2. The fourth-order valence-corrected chi connectivity index (χ4v) is 3.44. The molecule has 2 aliphatic heterocycles. The lowest BCUT2D eigenvalue weighted by molar-refractivity contribution is -0.262. The van der Waals surface area contributed by atoms with Crippen molar-refractivity contribution in [2.24, 2.45) is 0 Å². The number of rotatable bonds is 3. The van der Waals surface area contributed by atoms with Gasteiger partial charge >= 0.3 is 11.9 Å². The van der Waals surface area contributed by atoms with Gasteiger partial charge in [-0.2, -0.15) is 0 Å². The van der Waals surface area contributed by atoms with E-state index in [4.69, 9.17) is 14.2 Å². The second kappa shape index (κ2) is 7.09. The molecule has 1 N–H and O–H groups in total. The standard InChI is InChI=1S/C18H19NO8/c1-8-14(26-9(2)20)15(27-10(3)21)13(18(24)25-8)19-16(22)11-6-4-5-7-12(11)17(19)23/h4-8,13-15,18,24H,1-3H3/t8-,13-,14+,15-,18-/m1/s1. The van der Waals surface area contributed by atoms with Crippen LogP contribution in [0.25, 0.3) is 0 Å². The Labute approximate surface area is 154 Å². The van der Waals surface area contributed by atoms with Gasteiger partial charge in [-0.1, -0.05) is 12.1 Å². The summed E-state index contributed by atoms with van der Waals surface area (Å²) in [5.41, 5.74) is 0.331. The molecule has 1 saturated heterocycles. The van der Waals surface area contributed by atoms with Crippen LogP contribution in [0.3, 0.4) is 0 Å². The third kappa shape index (κ3) is 3.31. The van der Waals surface area contributed by atoms with Crippen molar-refractivity contribution < 1.29 is 38.5 Å². The maximum absolute atomic E-state index is 12.8. The summed E-state index contributed by atoms with van der Waals surface area (Å²) in [4.78, 5) is 49.5. The Morgan fingerprint density at radius 3 is 1.96 bits per heavy atom. The third-order valence-corrected chi connectivity index (χ3v) is 4.50. The average Bonchev–Trinajstić information content (AvgIpc) is 2.83. The summed E-state index contributed by atoms with van der Waals surface area (Å²) in [7, 11) is 0. The van der Waals surface area contributed by atoms with Crippen molar-refractivity contribution >= 4 is 23.8 Å². The predicted molar refractivity (Wildman–Crippen MR) is 88.4 cm³/mol. The molecule has 144 valence electrons. The lowest BCUT2D eigenvalue weighted by Crippen LogP contribution is -2.65. The van der Waals surface area contributed by atoms with Crippen LogP contribution in [-0.4, -0.2) is 64.4 Å². The number of ether oxygens (including phenoxy) is 3. The zero-order chi connectivity index (χ0) is 19.9. The lowest BCUT2D eigenvalue weighted by Gasteiger charge is -2.45. The van der Waals surface area contributed by atoms with Crippen LogP contribution >= 0.6 is 0 Å². The molecule has 0 radical (unpaired) electrons. The Morgan fingerprint density at radius 2 is 1.48 bits per heavy atom. The molecule has 2 amide bonds. The molecule has 2 aliphatic rings. The molecular formula is C18H19NO8. The number of hydrogen-bond donors (Lipinski definition) is 1. The Hall–Kier alpha value is -2.78. The van der Waals surface area contributed by atoms with E-state index in [2.05, 4.69) is 0 Å². The second-order valence-electron chi connectivity index (χ2n) is 6.40. The van der Waals surface area contributed by atoms with Gasteiger partial charge in [-0.05, 0) is 19.1 Å². The minimum Gasteiger partial charge on any atom is -0.456 e. The highest BCUT2D eigenvalue weighted by Gasteiger charge is 2.55. The van der Waals surface area contributed by atoms with Crippen LogP contribution in [0.2, 0.25) is 0 Å². The smallest absolute Gasteiger partial charge is 0.303 e. The van der Waals surface area contributed by atoms with E-state index >= 15 is 0 Å². The summed E-state index contributed by atoms with van der Waals surface area (Å²) in [5, 5.41) is 10.4. The van der Waals surface area contributed by atoms with Gasteiger partial charge in [-0.3, -0.25) is 24.1 Å². The Bertz CT molecular complexity index is 771. The molecule has 2 heterocycles. The molecule has 1 aromatic rings. The summed E-state index contributed by atoms with van der Waals surface area (Å²) in [6.07, 6.45) is -4.85. The number of hydrogen-bond acceptors (Lipinski definition) is 8. The summed E-state index contributed by atoms with van der Waals surface area (Å²) in [6, 6.07) is 4.81. The molecule has 0 spiro atoms. The van der Waals surface area contributed by atoms with Crippen molar-refractivity contribution in [2.75, 3.05) is 0 Å². The molecule has 0 aromatic heterocycles. The van der Waals surface area contributed by atoms with Crippen molar-refractivity contribution in [2.45, 2.75) is 51.4 Å². The van der Waals surface area contributed by atoms with Gasteiger partial charge in [0.2, 0.25) is 0 Å². The van der Waals surface area contributed by atoms with Crippen LogP contribution in [0.1, 0.15) is 41.5 Å². The zero-order valence-electron chi connectivity index (χ0n) is 14.9. The third-order valence-electron chi connectivity index (χ3n) is 4.50. The van der Waals surface area contributed by atoms with Gasteiger partial charge in [-0.25, -0.2) is 0 Å². The molecule has 0 bridgehead atoms. The van der Waals surface area contributed by atoms with E-state index in [-0.39, 0.29) is 11.1 Å². The van der Waals surface area contributed by atoms with E-state index in [1.165, 1.54) is 26.0 Å². The van der Waals surface area contributed by atoms with Crippen LogP contribution in [0.4, 0.5) is 0 Å². The molecule has 27 heavy (non-hydrogen) atoms. The van der Waals surface area contributed by atoms with E-state index in [0.717, 1.165) is 11.8 Å². The largest absolute Gasteiger partial charge is 0.456 e. The van der Waals surface area contributed by atoms with Crippen LogP contribution < -0.4 is 0 Å². The molecule has 5 atom stereocenters. The van der Waals surface area contributed by atoms with Gasteiger partial charge in [0.1, 0.15) is 6.04 Å². The number of fused-ring (bicyclic) bond motifs is 1. The highest BCUT2D eigenvalue weighted by molar-refractivity contribution is 6.21. The highest BCUT2D eigenvalue weighted by atomic mass is 16.7. The fourth-order valence-electron chi connectivity index (χ4n) is 3.44. The van der Waals surface area contributed by atoms with E-state index in [9.17, 15) is 24.3 Å². The van der Waals surface area contributed by atoms with Crippen LogP contribution in [0, 0.1) is 0 Å². The van der Waals surface area contributed by atoms with E-state index in [1.54, 1.807) is 12.1 Å². The number of imide groups is 1.